The van der Waals surface area contributed by atoms with Gasteiger partial charge in [-0.05, 0) is 27.2 Å². The first-order valence-electron chi connectivity index (χ1n) is 8.46. The van der Waals surface area contributed by atoms with E-state index < -0.39 is 33.9 Å². The third-order valence-electron chi connectivity index (χ3n) is 4.04. The van der Waals surface area contributed by atoms with Crippen LogP contribution in [-0.2, 0) is 31.4 Å². The highest BCUT2D eigenvalue weighted by Gasteiger charge is 2.39. The Morgan fingerprint density at radius 2 is 1.92 bits per heavy atom. The summed E-state index contributed by atoms with van der Waals surface area (Å²) in [5.74, 6) is -1.78. The molecule has 1 aliphatic heterocycles. The van der Waals surface area contributed by atoms with Gasteiger partial charge >= 0.3 is 5.97 Å². The molecule has 140 valence electrons. The number of hydrogen-bond donors (Lipinski definition) is 2. The molecule has 0 saturated carbocycles. The molecule has 2 rings (SSSR count). The van der Waals surface area contributed by atoms with Crippen LogP contribution < -0.4 is 4.72 Å². The van der Waals surface area contributed by atoms with Crippen molar-refractivity contribution in [1.82, 2.24) is 4.72 Å². The molecule has 7 heteroatoms. The molecular formula is C18H27NO5S. The molecule has 0 radical (unpaired) electrons. The van der Waals surface area contributed by atoms with Crippen molar-refractivity contribution in [2.45, 2.75) is 56.6 Å². The van der Waals surface area contributed by atoms with Gasteiger partial charge in [-0.3, -0.25) is 4.79 Å². The number of nitrogens with one attached hydrogen (secondary N) is 1. The van der Waals surface area contributed by atoms with Crippen LogP contribution in [0.15, 0.2) is 30.3 Å². The number of carbonyl (C=O) groups is 1. The lowest BCUT2D eigenvalue weighted by Gasteiger charge is -2.31. The lowest BCUT2D eigenvalue weighted by atomic mass is 9.97. The molecule has 6 nitrogen and oxygen atoms in total. The minimum Gasteiger partial charge on any atom is -0.598 e. The largest absolute Gasteiger partial charge is 0.598 e. The molecule has 1 saturated heterocycles. The first-order valence-corrected chi connectivity index (χ1v) is 9.61. The van der Waals surface area contributed by atoms with E-state index in [4.69, 9.17) is 9.47 Å². The van der Waals surface area contributed by atoms with Crippen molar-refractivity contribution < 1.29 is 23.9 Å². The fraction of sp³-hybridized carbons (Fsp3) is 0.611. The van der Waals surface area contributed by atoms with Crippen LogP contribution in [0.1, 0.15) is 45.6 Å². The third-order valence-corrected chi connectivity index (χ3v) is 5.70. The Morgan fingerprint density at radius 1 is 1.32 bits per heavy atom. The van der Waals surface area contributed by atoms with Crippen LogP contribution in [0.25, 0.3) is 0 Å². The molecular weight excluding hydrogens is 342 g/mol. The Hall–Kier alpha value is -1.12. The van der Waals surface area contributed by atoms with E-state index in [1.54, 1.807) is 0 Å². The lowest BCUT2D eigenvalue weighted by molar-refractivity contribution is -0.172. The summed E-state index contributed by atoms with van der Waals surface area (Å²) < 4.78 is 26.6. The average Bonchev–Trinajstić information content (AvgIpc) is 3.02. The highest BCUT2D eigenvalue weighted by Crippen LogP contribution is 2.36. The van der Waals surface area contributed by atoms with Crippen LogP contribution in [0.4, 0.5) is 0 Å². The number of carboxylic acids is 1. The SMILES string of the molecule is CC(C)(C)[S+]([O-])NC(CCC1(c2ccccc2)OCCO1)CC(=O)O. The molecule has 25 heavy (non-hydrogen) atoms. The quantitative estimate of drug-likeness (QED) is 0.685. The van der Waals surface area contributed by atoms with Crippen molar-refractivity contribution in [1.29, 1.82) is 0 Å². The molecule has 0 aliphatic carbocycles. The molecule has 1 heterocycles. The molecule has 2 N–H and O–H groups in total. The Bertz CT molecular complexity index is 554. The van der Waals surface area contributed by atoms with Gasteiger partial charge in [-0.2, -0.15) is 0 Å². The monoisotopic (exact) mass is 369 g/mol. The molecule has 1 aromatic carbocycles. The Labute approximate surface area is 152 Å². The van der Waals surface area contributed by atoms with Gasteiger partial charge in [-0.25, -0.2) is 0 Å². The van der Waals surface area contributed by atoms with Crippen LogP contribution >= 0.6 is 0 Å². The zero-order valence-corrected chi connectivity index (χ0v) is 15.8. The molecule has 2 unspecified atom stereocenters. The van der Waals surface area contributed by atoms with Crippen molar-refractivity contribution in [3.63, 3.8) is 0 Å². The first-order chi connectivity index (χ1) is 11.7. The lowest BCUT2D eigenvalue weighted by Crippen LogP contribution is -2.46. The van der Waals surface area contributed by atoms with Crippen LogP contribution in [0, 0.1) is 0 Å². The summed E-state index contributed by atoms with van der Waals surface area (Å²) in [4.78, 5) is 11.2. The van der Waals surface area contributed by atoms with E-state index in [1.165, 1.54) is 0 Å². The zero-order chi connectivity index (χ0) is 18.5. The smallest absolute Gasteiger partial charge is 0.305 e. The van der Waals surface area contributed by atoms with Gasteiger partial charge in [0.15, 0.2) is 5.79 Å². The summed E-state index contributed by atoms with van der Waals surface area (Å²) in [5.41, 5.74) is 0.915. The summed E-state index contributed by atoms with van der Waals surface area (Å²) in [6.45, 7) is 6.55. The number of rotatable bonds is 8. The maximum Gasteiger partial charge on any atom is 0.305 e. The van der Waals surface area contributed by atoms with Crippen LogP contribution in [0.2, 0.25) is 0 Å². The van der Waals surface area contributed by atoms with Crippen LogP contribution in [-0.4, -0.2) is 39.6 Å². The predicted octanol–water partition coefficient (Wildman–Crippen LogP) is 2.56. The normalized spacial score (nSPS) is 19.5. The minimum absolute atomic E-state index is 0.104. The summed E-state index contributed by atoms with van der Waals surface area (Å²) in [6, 6.07) is 9.23. The fourth-order valence-corrected chi connectivity index (χ4v) is 3.57. The minimum atomic E-state index is -1.34. The number of ether oxygens (including phenoxy) is 2. The molecule has 0 bridgehead atoms. The van der Waals surface area contributed by atoms with E-state index in [0.29, 0.717) is 26.1 Å². The van der Waals surface area contributed by atoms with Gasteiger partial charge in [0.1, 0.15) is 4.75 Å². The van der Waals surface area contributed by atoms with Crippen molar-refractivity contribution in [3.05, 3.63) is 35.9 Å². The van der Waals surface area contributed by atoms with E-state index in [1.807, 2.05) is 51.1 Å². The van der Waals surface area contributed by atoms with Gasteiger partial charge < -0.3 is 19.1 Å². The second-order valence-electron chi connectivity index (χ2n) is 7.15. The predicted molar refractivity (Wildman–Crippen MR) is 96.3 cm³/mol. The van der Waals surface area contributed by atoms with Gasteiger partial charge in [0, 0.05) is 23.3 Å². The standard InChI is InChI=1S/C18H27NO5S/c1-17(2,3)25(22)19-15(13-16(20)21)9-10-18(23-11-12-24-18)14-7-5-4-6-8-14/h4-8,15,19H,9-13H2,1-3H3,(H,20,21). The number of benzene rings is 1. The Kier molecular flexibility index (Phi) is 6.87. The van der Waals surface area contributed by atoms with Crippen molar-refractivity contribution >= 4 is 17.3 Å². The molecule has 1 fully saturated rings. The number of hydrogen-bond acceptors (Lipinski definition) is 5. The molecule has 1 aromatic rings. The average molecular weight is 369 g/mol. The van der Waals surface area contributed by atoms with Crippen molar-refractivity contribution in [2.24, 2.45) is 0 Å². The topological polar surface area (TPSA) is 90.9 Å². The first kappa shape index (κ1) is 20.2. The van der Waals surface area contributed by atoms with E-state index in [0.717, 1.165) is 5.56 Å². The van der Waals surface area contributed by atoms with Crippen molar-refractivity contribution in [3.8, 4) is 0 Å². The zero-order valence-electron chi connectivity index (χ0n) is 15.0. The summed E-state index contributed by atoms with van der Waals surface area (Å²) in [5, 5.41) is 9.17. The van der Waals surface area contributed by atoms with Gasteiger partial charge in [0.25, 0.3) is 0 Å². The number of carboxylic acid groups (broad SMARTS) is 1. The van der Waals surface area contributed by atoms with Gasteiger partial charge in [0.2, 0.25) is 0 Å². The molecule has 0 amide bonds. The maximum absolute atomic E-state index is 12.3. The highest BCUT2D eigenvalue weighted by atomic mass is 32.2. The maximum atomic E-state index is 12.3. The van der Waals surface area contributed by atoms with Crippen LogP contribution in [0.3, 0.4) is 0 Å². The summed E-state index contributed by atoms with van der Waals surface area (Å²) in [6.07, 6.45) is 0.860. The van der Waals surface area contributed by atoms with Gasteiger partial charge in [-0.1, -0.05) is 30.3 Å². The molecule has 1 aliphatic rings. The summed E-state index contributed by atoms with van der Waals surface area (Å²) >= 11 is -1.34. The van der Waals surface area contributed by atoms with E-state index in [2.05, 4.69) is 4.72 Å². The number of aliphatic carboxylic acids is 1. The highest BCUT2D eigenvalue weighted by molar-refractivity contribution is 7.90. The van der Waals surface area contributed by atoms with Gasteiger partial charge in [-0.15, -0.1) is 4.72 Å². The van der Waals surface area contributed by atoms with Crippen LogP contribution in [0.5, 0.6) is 0 Å². The third kappa shape index (κ3) is 5.69. The Morgan fingerprint density at radius 3 is 2.44 bits per heavy atom. The molecule has 0 aromatic heterocycles. The summed E-state index contributed by atoms with van der Waals surface area (Å²) in [7, 11) is 0. The van der Waals surface area contributed by atoms with Gasteiger partial charge in [0.05, 0.1) is 25.7 Å². The van der Waals surface area contributed by atoms with E-state index in [-0.39, 0.29) is 6.42 Å². The second kappa shape index (κ2) is 8.51. The van der Waals surface area contributed by atoms with E-state index in [9.17, 15) is 14.5 Å². The van der Waals surface area contributed by atoms with Crippen molar-refractivity contribution in [2.75, 3.05) is 13.2 Å². The second-order valence-corrected chi connectivity index (χ2v) is 9.15. The Balaban J connectivity index is 2.08. The molecule has 0 spiro atoms. The van der Waals surface area contributed by atoms with E-state index >= 15 is 0 Å². The molecule has 2 atom stereocenters. The fourth-order valence-electron chi connectivity index (χ4n) is 2.71.